The van der Waals surface area contributed by atoms with Gasteiger partial charge in [0.05, 0.1) is 12.3 Å². The third-order valence-corrected chi connectivity index (χ3v) is 4.13. The average molecular weight is 347 g/mol. The Labute approximate surface area is 153 Å². The number of ether oxygens (including phenoxy) is 1. The molecule has 0 radical (unpaired) electrons. The highest BCUT2D eigenvalue weighted by Crippen LogP contribution is 2.30. The summed E-state index contributed by atoms with van der Waals surface area (Å²) in [5, 5.41) is 10.3. The number of fused-ring (bicyclic) bond motifs is 1. The van der Waals surface area contributed by atoms with Gasteiger partial charge in [0.15, 0.2) is 0 Å². The molecule has 0 saturated heterocycles. The molecule has 2 atom stereocenters. The number of aryl methyl sites for hydroxylation is 1. The van der Waals surface area contributed by atoms with Crippen molar-refractivity contribution in [3.8, 4) is 11.8 Å². The van der Waals surface area contributed by atoms with Crippen molar-refractivity contribution in [2.45, 2.75) is 26.0 Å². The van der Waals surface area contributed by atoms with Gasteiger partial charge in [0, 0.05) is 0 Å². The smallest absolute Gasteiger partial charge is 0.415 e. The van der Waals surface area contributed by atoms with E-state index in [2.05, 4.69) is 11.8 Å². The van der Waals surface area contributed by atoms with Gasteiger partial charge in [-0.1, -0.05) is 59.9 Å². The van der Waals surface area contributed by atoms with Gasteiger partial charge in [0.2, 0.25) is 0 Å². The highest BCUT2D eigenvalue weighted by atomic mass is 16.6. The number of aliphatic hydroxyl groups excluding tert-OH is 1. The second kappa shape index (κ2) is 7.90. The number of hydrogen-bond donors (Lipinski definition) is 1. The van der Waals surface area contributed by atoms with Gasteiger partial charge in [0.1, 0.15) is 12.1 Å². The molecule has 0 aliphatic carbocycles. The van der Waals surface area contributed by atoms with E-state index in [0.717, 1.165) is 22.4 Å². The van der Waals surface area contributed by atoms with Gasteiger partial charge in [-0.2, -0.15) is 0 Å². The fraction of sp³-hybridized carbons (Fsp3) is 0.227. The van der Waals surface area contributed by atoms with Crippen LogP contribution in [0.5, 0.6) is 0 Å². The van der Waals surface area contributed by atoms with Crippen LogP contribution in [0.25, 0.3) is 6.08 Å². The lowest BCUT2D eigenvalue weighted by atomic mass is 10.0. The summed E-state index contributed by atoms with van der Waals surface area (Å²) in [6.07, 6.45) is 2.44. The van der Waals surface area contributed by atoms with Crippen LogP contribution in [-0.2, 0) is 4.74 Å². The van der Waals surface area contributed by atoms with E-state index in [4.69, 9.17) is 4.74 Å². The summed E-state index contributed by atoms with van der Waals surface area (Å²) < 4.78 is 5.21. The molecular weight excluding hydrogens is 326 g/mol. The highest BCUT2D eigenvalue weighted by Gasteiger charge is 2.28. The van der Waals surface area contributed by atoms with E-state index in [-0.39, 0.29) is 6.61 Å². The summed E-state index contributed by atoms with van der Waals surface area (Å²) in [7, 11) is 0. The maximum Gasteiger partial charge on any atom is 0.415 e. The van der Waals surface area contributed by atoms with Crippen molar-refractivity contribution in [1.82, 2.24) is 0 Å². The molecule has 2 unspecified atom stereocenters. The standard InChI is InChI=1S/C22H21NO3/c1-3-26-22(25)23-19(11-10-18-15-16(2)9-13-20(18)23)12-14-21(24)17-7-5-4-6-8-17/h4-11,13,15,19,21,24H,3H2,1-2H3. The van der Waals surface area contributed by atoms with Gasteiger partial charge in [-0.15, -0.1) is 0 Å². The van der Waals surface area contributed by atoms with Gasteiger partial charge in [-0.3, -0.25) is 4.90 Å². The monoisotopic (exact) mass is 347 g/mol. The number of benzene rings is 2. The van der Waals surface area contributed by atoms with Crippen molar-refractivity contribution in [2.24, 2.45) is 0 Å². The lowest BCUT2D eigenvalue weighted by Gasteiger charge is -2.30. The van der Waals surface area contributed by atoms with Crippen LogP contribution in [0.2, 0.25) is 0 Å². The lowest BCUT2D eigenvalue weighted by molar-refractivity contribution is 0.159. The minimum Gasteiger partial charge on any atom is -0.449 e. The average Bonchev–Trinajstić information content (AvgIpc) is 2.66. The maximum absolute atomic E-state index is 12.5. The molecule has 2 aromatic rings. The normalized spacial score (nSPS) is 16.3. The van der Waals surface area contributed by atoms with Crippen LogP contribution in [0.3, 0.4) is 0 Å². The first-order valence-electron chi connectivity index (χ1n) is 8.59. The van der Waals surface area contributed by atoms with E-state index in [1.807, 2.05) is 67.6 Å². The molecule has 1 amide bonds. The van der Waals surface area contributed by atoms with Gasteiger partial charge in [0.25, 0.3) is 0 Å². The van der Waals surface area contributed by atoms with E-state index in [9.17, 15) is 9.90 Å². The molecule has 26 heavy (non-hydrogen) atoms. The number of amides is 1. The summed E-state index contributed by atoms with van der Waals surface area (Å²) >= 11 is 0. The molecular formula is C22H21NO3. The maximum atomic E-state index is 12.5. The summed E-state index contributed by atoms with van der Waals surface area (Å²) in [4.78, 5) is 14.0. The first-order valence-corrected chi connectivity index (χ1v) is 8.59. The quantitative estimate of drug-likeness (QED) is 0.833. The molecule has 0 spiro atoms. The molecule has 0 bridgehead atoms. The van der Waals surface area contributed by atoms with Gasteiger partial charge in [-0.05, 0) is 43.2 Å². The van der Waals surface area contributed by atoms with E-state index < -0.39 is 18.2 Å². The molecule has 132 valence electrons. The second-order valence-electron chi connectivity index (χ2n) is 6.04. The summed E-state index contributed by atoms with van der Waals surface area (Å²) in [5.74, 6) is 5.85. The third kappa shape index (κ3) is 3.79. The first kappa shape index (κ1) is 17.8. The molecule has 0 aromatic heterocycles. The molecule has 4 nitrogen and oxygen atoms in total. The van der Waals surface area contributed by atoms with E-state index in [1.165, 1.54) is 4.90 Å². The highest BCUT2D eigenvalue weighted by molar-refractivity contribution is 5.94. The van der Waals surface area contributed by atoms with Crippen molar-refractivity contribution >= 4 is 17.9 Å². The Kier molecular flexibility index (Phi) is 5.40. The van der Waals surface area contributed by atoms with Gasteiger partial charge >= 0.3 is 6.09 Å². The van der Waals surface area contributed by atoms with Crippen molar-refractivity contribution in [3.63, 3.8) is 0 Å². The zero-order valence-corrected chi connectivity index (χ0v) is 14.8. The zero-order chi connectivity index (χ0) is 18.5. The Bertz CT molecular complexity index is 877. The van der Waals surface area contributed by atoms with Crippen LogP contribution in [0.1, 0.15) is 29.7 Å². The Morgan fingerprint density at radius 2 is 2.04 bits per heavy atom. The predicted molar refractivity (Wildman–Crippen MR) is 103 cm³/mol. The van der Waals surface area contributed by atoms with Crippen LogP contribution >= 0.6 is 0 Å². The van der Waals surface area contributed by atoms with Crippen LogP contribution in [0, 0.1) is 18.8 Å². The molecule has 2 aromatic carbocycles. The van der Waals surface area contributed by atoms with Gasteiger partial charge in [-0.25, -0.2) is 4.79 Å². The number of carbonyl (C=O) groups excluding carboxylic acids is 1. The summed E-state index contributed by atoms with van der Waals surface area (Å²) in [6, 6.07) is 14.6. The van der Waals surface area contributed by atoms with Crippen LogP contribution in [0.4, 0.5) is 10.5 Å². The largest absolute Gasteiger partial charge is 0.449 e. The first-order chi connectivity index (χ1) is 12.6. The number of anilines is 1. The Morgan fingerprint density at radius 3 is 2.77 bits per heavy atom. The fourth-order valence-electron chi connectivity index (χ4n) is 2.86. The molecule has 0 fully saturated rings. The predicted octanol–water partition coefficient (Wildman–Crippen LogP) is 4.09. The number of rotatable bonds is 2. The van der Waals surface area contributed by atoms with E-state index >= 15 is 0 Å². The fourth-order valence-corrected chi connectivity index (χ4v) is 2.86. The lowest BCUT2D eigenvalue weighted by Crippen LogP contribution is -2.41. The Morgan fingerprint density at radius 1 is 1.27 bits per heavy atom. The molecule has 1 heterocycles. The molecule has 0 saturated carbocycles. The number of hydrogen-bond acceptors (Lipinski definition) is 3. The Balaban J connectivity index is 1.92. The minimum atomic E-state index is -0.909. The number of aliphatic hydroxyl groups is 1. The second-order valence-corrected chi connectivity index (χ2v) is 6.04. The van der Waals surface area contributed by atoms with Crippen LogP contribution < -0.4 is 4.90 Å². The minimum absolute atomic E-state index is 0.285. The molecule has 4 heteroatoms. The molecule has 1 aliphatic rings. The van der Waals surface area contributed by atoms with Crippen LogP contribution in [-0.4, -0.2) is 23.8 Å². The third-order valence-electron chi connectivity index (χ3n) is 4.13. The van der Waals surface area contributed by atoms with Crippen molar-refractivity contribution in [1.29, 1.82) is 0 Å². The van der Waals surface area contributed by atoms with Crippen LogP contribution in [0.15, 0.2) is 54.6 Å². The summed E-state index contributed by atoms with van der Waals surface area (Å²) in [5.41, 5.74) is 3.53. The van der Waals surface area contributed by atoms with Crippen molar-refractivity contribution < 1.29 is 14.6 Å². The molecule has 3 rings (SSSR count). The van der Waals surface area contributed by atoms with Crippen molar-refractivity contribution in [2.75, 3.05) is 11.5 Å². The van der Waals surface area contributed by atoms with E-state index in [0.29, 0.717) is 0 Å². The topological polar surface area (TPSA) is 49.8 Å². The zero-order valence-electron chi connectivity index (χ0n) is 14.8. The SMILES string of the molecule is CCOC(=O)N1c2ccc(C)cc2C=CC1C#CC(O)c1ccccc1. The summed E-state index contributed by atoms with van der Waals surface area (Å²) in [6.45, 7) is 4.06. The van der Waals surface area contributed by atoms with E-state index in [1.54, 1.807) is 6.92 Å². The van der Waals surface area contributed by atoms with Crippen molar-refractivity contribution in [3.05, 3.63) is 71.3 Å². The molecule has 1 N–H and O–H groups in total. The number of carbonyl (C=O) groups is 1. The number of nitrogens with zero attached hydrogens (tertiary/aromatic N) is 1. The Hall–Kier alpha value is -3.03. The van der Waals surface area contributed by atoms with Gasteiger partial charge < -0.3 is 9.84 Å². The molecule has 1 aliphatic heterocycles.